The fraction of sp³-hybridized carbons (Fsp3) is 0.409. The lowest BCUT2D eigenvalue weighted by Gasteiger charge is -2.31. The van der Waals surface area contributed by atoms with E-state index in [2.05, 4.69) is 6.07 Å². The van der Waals surface area contributed by atoms with Gasteiger partial charge in [-0.2, -0.15) is 0 Å². The molecular weight excluding hydrogens is 345 g/mol. The zero-order valence-electron chi connectivity index (χ0n) is 15.9. The molecule has 5 heteroatoms. The van der Waals surface area contributed by atoms with Crippen molar-refractivity contribution in [3.63, 3.8) is 0 Å². The van der Waals surface area contributed by atoms with E-state index in [1.807, 2.05) is 32.0 Å². The van der Waals surface area contributed by atoms with Crippen molar-refractivity contribution in [3.8, 4) is 11.5 Å². The smallest absolute Gasteiger partial charge is 0.231 e. The Hall–Kier alpha value is -2.56. The summed E-state index contributed by atoms with van der Waals surface area (Å²) in [6, 6.07) is 12.6. The Morgan fingerprint density at radius 1 is 1.30 bits per heavy atom. The number of hydrogen-bond acceptors (Lipinski definition) is 3. The molecule has 4 rings (SSSR count). The summed E-state index contributed by atoms with van der Waals surface area (Å²) >= 11 is 0. The van der Waals surface area contributed by atoms with E-state index in [9.17, 15) is 9.18 Å². The van der Waals surface area contributed by atoms with Gasteiger partial charge in [-0.25, -0.2) is 4.39 Å². The molecule has 0 bridgehead atoms. The molecule has 1 aliphatic heterocycles. The summed E-state index contributed by atoms with van der Waals surface area (Å²) in [5.74, 6) is 0.540. The van der Waals surface area contributed by atoms with Crippen molar-refractivity contribution in [2.45, 2.75) is 38.1 Å². The summed E-state index contributed by atoms with van der Waals surface area (Å²) in [6.45, 7) is 4.53. The monoisotopic (exact) mass is 369 g/mol. The number of amides is 1. The van der Waals surface area contributed by atoms with Gasteiger partial charge in [-0.05, 0) is 44.9 Å². The predicted octanol–water partition coefficient (Wildman–Crippen LogP) is 4.32. The van der Waals surface area contributed by atoms with Gasteiger partial charge in [0.1, 0.15) is 5.75 Å². The molecule has 2 aromatic carbocycles. The summed E-state index contributed by atoms with van der Waals surface area (Å²) in [7, 11) is 1.43. The van der Waals surface area contributed by atoms with Crippen molar-refractivity contribution in [2.24, 2.45) is 5.92 Å². The number of benzene rings is 2. The molecule has 2 aliphatic rings. The molecule has 1 aliphatic carbocycles. The summed E-state index contributed by atoms with van der Waals surface area (Å²) in [6.07, 6.45) is 1.65. The minimum atomic E-state index is -0.463. The topological polar surface area (TPSA) is 38.8 Å². The number of ether oxygens (including phenoxy) is 2. The molecule has 0 N–H and O–H groups in total. The molecule has 142 valence electrons. The molecule has 1 saturated carbocycles. The van der Waals surface area contributed by atoms with E-state index in [-0.39, 0.29) is 29.0 Å². The first-order valence-electron chi connectivity index (χ1n) is 9.37. The Morgan fingerprint density at radius 2 is 2.07 bits per heavy atom. The van der Waals surface area contributed by atoms with Gasteiger partial charge in [0.25, 0.3) is 0 Å². The summed E-state index contributed by atoms with van der Waals surface area (Å²) in [5, 5.41) is 0. The minimum absolute atomic E-state index is 0.0475. The van der Waals surface area contributed by atoms with Crippen molar-refractivity contribution in [2.75, 3.05) is 18.6 Å². The number of halogens is 1. The van der Waals surface area contributed by atoms with Crippen molar-refractivity contribution in [3.05, 3.63) is 53.8 Å². The lowest BCUT2D eigenvalue weighted by molar-refractivity contribution is -0.120. The van der Waals surface area contributed by atoms with Crippen molar-refractivity contribution < 1.29 is 18.7 Å². The second-order valence-corrected chi connectivity index (χ2v) is 7.63. The number of hydrogen-bond donors (Lipinski definition) is 0. The highest BCUT2D eigenvalue weighted by molar-refractivity contribution is 5.99. The van der Waals surface area contributed by atoms with Crippen LogP contribution in [0.1, 0.15) is 32.3 Å². The van der Waals surface area contributed by atoms with Gasteiger partial charge in [0.05, 0.1) is 13.7 Å². The van der Waals surface area contributed by atoms with E-state index in [1.165, 1.54) is 13.2 Å². The number of methoxy groups -OCH3 is 1. The number of carbonyl (C=O) groups is 1. The van der Waals surface area contributed by atoms with Crippen LogP contribution in [0.4, 0.5) is 10.1 Å². The number of para-hydroxylation sites is 1. The maximum atomic E-state index is 14.2. The van der Waals surface area contributed by atoms with Crippen LogP contribution in [0.15, 0.2) is 42.5 Å². The highest BCUT2D eigenvalue weighted by atomic mass is 19.1. The van der Waals surface area contributed by atoms with Gasteiger partial charge in [-0.1, -0.05) is 18.2 Å². The molecule has 1 fully saturated rings. The van der Waals surface area contributed by atoms with Crippen LogP contribution in [0.2, 0.25) is 0 Å². The van der Waals surface area contributed by atoms with Gasteiger partial charge in [-0.15, -0.1) is 0 Å². The van der Waals surface area contributed by atoms with E-state index in [4.69, 9.17) is 9.47 Å². The fourth-order valence-electron chi connectivity index (χ4n) is 4.34. The maximum absolute atomic E-state index is 14.2. The third-order valence-electron chi connectivity index (χ3n) is 5.77. The van der Waals surface area contributed by atoms with Gasteiger partial charge < -0.3 is 14.4 Å². The Balaban J connectivity index is 1.65. The van der Waals surface area contributed by atoms with Gasteiger partial charge in [0, 0.05) is 34.7 Å². The van der Waals surface area contributed by atoms with Crippen LogP contribution >= 0.6 is 0 Å². The largest absolute Gasteiger partial charge is 0.494 e. The normalized spacial score (nSPS) is 22.9. The number of anilines is 1. The Kier molecular flexibility index (Phi) is 4.33. The second kappa shape index (κ2) is 6.55. The summed E-state index contributed by atoms with van der Waals surface area (Å²) < 4.78 is 25.0. The average Bonchev–Trinajstić information content (AvgIpc) is 3.37. The molecule has 1 spiro atoms. The van der Waals surface area contributed by atoms with Gasteiger partial charge in [0.2, 0.25) is 5.91 Å². The summed E-state index contributed by atoms with van der Waals surface area (Å²) in [5.41, 5.74) is 1.54. The Bertz CT molecular complexity index is 882. The SMILES string of the molecule is COc1ccc(N(C(=O)[C@@H]2C[C@]23CCOc2ccccc23)C(C)C)cc1F. The van der Waals surface area contributed by atoms with Crippen LogP contribution in [-0.2, 0) is 10.2 Å². The molecule has 0 aromatic heterocycles. The van der Waals surface area contributed by atoms with Crippen LogP contribution < -0.4 is 14.4 Å². The number of fused-ring (bicyclic) bond motifs is 2. The lowest BCUT2D eigenvalue weighted by Crippen LogP contribution is -2.40. The Labute approximate surface area is 158 Å². The molecule has 0 saturated heterocycles. The number of nitrogens with zero attached hydrogens (tertiary/aromatic N) is 1. The third-order valence-corrected chi connectivity index (χ3v) is 5.77. The standard InChI is InChI=1S/C22H24FNO3/c1-14(2)24(15-8-9-20(26-3)18(23)12-15)21(25)17-13-22(17)10-11-27-19-7-5-4-6-16(19)22/h4-9,12,14,17H,10-11,13H2,1-3H3/t17-,22-/m0/s1. The van der Waals surface area contributed by atoms with Crippen LogP contribution in [0.5, 0.6) is 11.5 Å². The molecule has 1 heterocycles. The highest BCUT2D eigenvalue weighted by Crippen LogP contribution is 2.61. The zero-order valence-corrected chi connectivity index (χ0v) is 15.9. The van der Waals surface area contributed by atoms with Crippen molar-refractivity contribution >= 4 is 11.6 Å². The first-order valence-corrected chi connectivity index (χ1v) is 9.37. The lowest BCUT2D eigenvalue weighted by atomic mass is 9.87. The van der Waals surface area contributed by atoms with Crippen molar-refractivity contribution in [1.29, 1.82) is 0 Å². The second-order valence-electron chi connectivity index (χ2n) is 7.63. The molecular formula is C22H24FNO3. The Morgan fingerprint density at radius 3 is 2.78 bits per heavy atom. The fourth-order valence-corrected chi connectivity index (χ4v) is 4.34. The van der Waals surface area contributed by atoms with Crippen LogP contribution in [0.3, 0.4) is 0 Å². The first-order chi connectivity index (χ1) is 13.0. The molecule has 27 heavy (non-hydrogen) atoms. The maximum Gasteiger partial charge on any atom is 0.231 e. The highest BCUT2D eigenvalue weighted by Gasteiger charge is 2.62. The van der Waals surface area contributed by atoms with E-state index in [0.717, 1.165) is 24.2 Å². The van der Waals surface area contributed by atoms with Crippen LogP contribution in [0.25, 0.3) is 0 Å². The van der Waals surface area contributed by atoms with E-state index < -0.39 is 5.82 Å². The number of carbonyl (C=O) groups excluding carboxylic acids is 1. The molecule has 1 amide bonds. The van der Waals surface area contributed by atoms with Crippen molar-refractivity contribution in [1.82, 2.24) is 0 Å². The van der Waals surface area contributed by atoms with Gasteiger partial charge in [-0.3, -0.25) is 4.79 Å². The van der Waals surface area contributed by atoms with E-state index in [0.29, 0.717) is 12.3 Å². The molecule has 2 atom stereocenters. The molecule has 0 unspecified atom stereocenters. The summed E-state index contributed by atoms with van der Waals surface area (Å²) in [4.78, 5) is 15.1. The predicted molar refractivity (Wildman–Crippen MR) is 102 cm³/mol. The van der Waals surface area contributed by atoms with Crippen LogP contribution in [-0.4, -0.2) is 25.7 Å². The average molecular weight is 369 g/mol. The van der Waals surface area contributed by atoms with Gasteiger partial charge in [0.15, 0.2) is 11.6 Å². The minimum Gasteiger partial charge on any atom is -0.494 e. The molecule has 4 nitrogen and oxygen atoms in total. The van der Waals surface area contributed by atoms with E-state index in [1.54, 1.807) is 17.0 Å². The zero-order chi connectivity index (χ0) is 19.2. The first kappa shape index (κ1) is 17.8. The van der Waals surface area contributed by atoms with Gasteiger partial charge >= 0.3 is 0 Å². The molecule has 0 radical (unpaired) electrons. The van der Waals surface area contributed by atoms with E-state index >= 15 is 0 Å². The number of rotatable bonds is 4. The van der Waals surface area contributed by atoms with Crippen LogP contribution in [0, 0.1) is 11.7 Å². The third kappa shape index (κ3) is 2.85. The molecule has 2 aromatic rings. The quantitative estimate of drug-likeness (QED) is 0.806.